The van der Waals surface area contributed by atoms with Crippen LogP contribution in [0.15, 0.2) is 30.6 Å². The van der Waals surface area contributed by atoms with E-state index in [4.69, 9.17) is 5.11 Å². The molecule has 2 rings (SSSR count). The van der Waals surface area contributed by atoms with Crippen LogP contribution in [0.25, 0.3) is 0 Å². The molecule has 8 heteroatoms. The number of carboxylic acid groups (broad SMARTS) is 1. The van der Waals surface area contributed by atoms with Crippen molar-refractivity contribution in [3.63, 3.8) is 0 Å². The molecule has 0 radical (unpaired) electrons. The Bertz CT molecular complexity index is 653. The molecule has 0 aliphatic heterocycles. The van der Waals surface area contributed by atoms with Crippen LogP contribution in [0.3, 0.4) is 0 Å². The molecular formula is C13H15N5O3. The summed E-state index contributed by atoms with van der Waals surface area (Å²) in [6.45, 7) is 0.394. The molecule has 2 heterocycles. The zero-order chi connectivity index (χ0) is 15.2. The van der Waals surface area contributed by atoms with Crippen LogP contribution >= 0.6 is 0 Å². The molecule has 0 saturated heterocycles. The van der Waals surface area contributed by atoms with Gasteiger partial charge in [-0.25, -0.2) is 14.6 Å². The molecule has 0 fully saturated rings. The van der Waals surface area contributed by atoms with Crippen molar-refractivity contribution in [1.82, 2.24) is 20.1 Å². The number of aromatic carboxylic acids is 1. The lowest BCUT2D eigenvalue weighted by Gasteiger charge is -2.08. The Labute approximate surface area is 120 Å². The highest BCUT2D eigenvalue weighted by Crippen LogP contribution is 2.11. The van der Waals surface area contributed by atoms with E-state index in [2.05, 4.69) is 20.7 Å². The third-order valence-corrected chi connectivity index (χ3v) is 2.69. The van der Waals surface area contributed by atoms with Gasteiger partial charge in [-0.3, -0.25) is 4.68 Å². The topological polar surface area (TPSA) is 109 Å². The van der Waals surface area contributed by atoms with E-state index >= 15 is 0 Å². The summed E-state index contributed by atoms with van der Waals surface area (Å²) in [4.78, 5) is 26.4. The number of pyridine rings is 1. The number of rotatable bonds is 5. The largest absolute Gasteiger partial charge is 0.476 e. The molecule has 0 aromatic carbocycles. The number of hydrogen-bond acceptors (Lipinski definition) is 4. The second kappa shape index (κ2) is 6.51. The number of carbonyl (C=O) groups excluding carboxylic acids is 1. The van der Waals surface area contributed by atoms with Crippen LogP contribution in [0, 0.1) is 0 Å². The number of carboxylic acids is 1. The van der Waals surface area contributed by atoms with Gasteiger partial charge in [0.2, 0.25) is 0 Å². The summed E-state index contributed by atoms with van der Waals surface area (Å²) in [5.74, 6) is -1.20. The van der Waals surface area contributed by atoms with E-state index in [1.807, 2.05) is 19.3 Å². The van der Waals surface area contributed by atoms with E-state index in [0.717, 1.165) is 5.69 Å². The van der Waals surface area contributed by atoms with Crippen molar-refractivity contribution < 1.29 is 14.7 Å². The average Bonchev–Trinajstić information content (AvgIpc) is 2.85. The first-order chi connectivity index (χ1) is 10.1. The highest BCUT2D eigenvalue weighted by Gasteiger charge is 2.12. The van der Waals surface area contributed by atoms with E-state index in [1.54, 1.807) is 10.7 Å². The number of urea groups is 1. The quantitative estimate of drug-likeness (QED) is 0.757. The van der Waals surface area contributed by atoms with Crippen molar-refractivity contribution in [2.24, 2.45) is 7.05 Å². The van der Waals surface area contributed by atoms with Gasteiger partial charge in [-0.15, -0.1) is 0 Å². The Balaban J connectivity index is 1.86. The molecule has 0 aliphatic carbocycles. The van der Waals surface area contributed by atoms with Crippen molar-refractivity contribution in [2.45, 2.75) is 6.42 Å². The Morgan fingerprint density at radius 2 is 2.19 bits per heavy atom. The van der Waals surface area contributed by atoms with E-state index in [1.165, 1.54) is 12.3 Å². The van der Waals surface area contributed by atoms with Crippen LogP contribution in [0.1, 0.15) is 16.2 Å². The van der Waals surface area contributed by atoms with E-state index in [-0.39, 0.29) is 11.4 Å². The second-order valence-electron chi connectivity index (χ2n) is 4.32. The van der Waals surface area contributed by atoms with Crippen molar-refractivity contribution in [2.75, 3.05) is 11.9 Å². The minimum Gasteiger partial charge on any atom is -0.476 e. The normalized spacial score (nSPS) is 10.1. The van der Waals surface area contributed by atoms with Crippen LogP contribution in [-0.4, -0.2) is 38.4 Å². The molecule has 110 valence electrons. The lowest BCUT2D eigenvalue weighted by molar-refractivity contribution is 0.0691. The first kappa shape index (κ1) is 14.5. The number of carbonyl (C=O) groups is 2. The molecular weight excluding hydrogens is 274 g/mol. The maximum Gasteiger partial charge on any atom is 0.356 e. The number of nitrogens with one attached hydrogen (secondary N) is 2. The zero-order valence-corrected chi connectivity index (χ0v) is 11.4. The average molecular weight is 289 g/mol. The fourth-order valence-electron chi connectivity index (χ4n) is 1.74. The summed E-state index contributed by atoms with van der Waals surface area (Å²) >= 11 is 0. The fraction of sp³-hybridized carbons (Fsp3) is 0.231. The van der Waals surface area contributed by atoms with Crippen molar-refractivity contribution >= 4 is 17.7 Å². The van der Waals surface area contributed by atoms with Gasteiger partial charge >= 0.3 is 12.0 Å². The smallest absolute Gasteiger partial charge is 0.356 e. The standard InChI is InChI=1S/C13H15N5O3/c1-18-8-5-9(17-18)4-7-15-13(21)16-10-3-2-6-14-11(10)12(19)20/h2-3,5-6,8H,4,7H2,1H3,(H,19,20)(H2,15,16,21). The SMILES string of the molecule is Cn1ccc(CCNC(=O)Nc2cccnc2C(=O)O)n1. The van der Waals surface area contributed by atoms with Gasteiger partial charge in [0.1, 0.15) is 0 Å². The lowest BCUT2D eigenvalue weighted by Crippen LogP contribution is -2.31. The molecule has 0 spiro atoms. The van der Waals surface area contributed by atoms with Gasteiger partial charge in [-0.2, -0.15) is 5.10 Å². The van der Waals surface area contributed by atoms with Crippen LogP contribution < -0.4 is 10.6 Å². The summed E-state index contributed by atoms with van der Waals surface area (Å²) in [5.41, 5.74) is 0.822. The third kappa shape index (κ3) is 4.03. The Morgan fingerprint density at radius 1 is 1.38 bits per heavy atom. The molecule has 0 bridgehead atoms. The van der Waals surface area contributed by atoms with Gasteiger partial charge in [0.25, 0.3) is 0 Å². The number of nitrogens with zero attached hydrogens (tertiary/aromatic N) is 3. The molecule has 0 aliphatic rings. The van der Waals surface area contributed by atoms with Gasteiger partial charge < -0.3 is 15.7 Å². The molecule has 21 heavy (non-hydrogen) atoms. The molecule has 0 saturated carbocycles. The summed E-state index contributed by atoms with van der Waals surface area (Å²) in [6, 6.07) is 4.41. The van der Waals surface area contributed by atoms with Gasteiger partial charge in [-0.05, 0) is 18.2 Å². The van der Waals surface area contributed by atoms with Crippen LogP contribution in [-0.2, 0) is 13.5 Å². The maximum absolute atomic E-state index is 11.7. The fourth-order valence-corrected chi connectivity index (χ4v) is 1.74. The van der Waals surface area contributed by atoms with Gasteiger partial charge in [-0.1, -0.05) is 0 Å². The predicted molar refractivity (Wildman–Crippen MR) is 75.1 cm³/mol. The molecule has 3 N–H and O–H groups in total. The molecule has 0 atom stereocenters. The van der Waals surface area contributed by atoms with E-state index < -0.39 is 12.0 Å². The Hall–Kier alpha value is -2.90. The Kier molecular flexibility index (Phi) is 4.50. The van der Waals surface area contributed by atoms with E-state index in [9.17, 15) is 9.59 Å². The molecule has 2 amide bonds. The van der Waals surface area contributed by atoms with Gasteiger partial charge in [0, 0.05) is 32.4 Å². The van der Waals surface area contributed by atoms with Crippen LogP contribution in [0.4, 0.5) is 10.5 Å². The molecule has 8 nitrogen and oxygen atoms in total. The third-order valence-electron chi connectivity index (χ3n) is 2.69. The minimum atomic E-state index is -1.20. The van der Waals surface area contributed by atoms with Crippen molar-refractivity contribution in [1.29, 1.82) is 0 Å². The number of amides is 2. The predicted octanol–water partition coefficient (Wildman–Crippen LogP) is 0.877. The lowest BCUT2D eigenvalue weighted by atomic mass is 10.3. The highest BCUT2D eigenvalue weighted by molar-refractivity contribution is 5.98. The number of aromatic nitrogens is 3. The first-order valence-electron chi connectivity index (χ1n) is 6.28. The van der Waals surface area contributed by atoms with Crippen LogP contribution in [0.2, 0.25) is 0 Å². The van der Waals surface area contributed by atoms with E-state index in [0.29, 0.717) is 13.0 Å². The summed E-state index contributed by atoms with van der Waals surface area (Å²) < 4.78 is 1.68. The minimum absolute atomic E-state index is 0.153. The van der Waals surface area contributed by atoms with Gasteiger partial charge in [0.15, 0.2) is 5.69 Å². The van der Waals surface area contributed by atoms with Crippen molar-refractivity contribution in [3.05, 3.63) is 42.0 Å². The molecule has 2 aromatic heterocycles. The summed E-state index contributed by atoms with van der Waals surface area (Å²) in [6.07, 6.45) is 3.77. The van der Waals surface area contributed by atoms with Gasteiger partial charge in [0.05, 0.1) is 11.4 Å². The highest BCUT2D eigenvalue weighted by atomic mass is 16.4. The number of anilines is 1. The zero-order valence-electron chi connectivity index (χ0n) is 11.4. The molecule has 2 aromatic rings. The number of hydrogen-bond donors (Lipinski definition) is 3. The number of aryl methyl sites for hydroxylation is 1. The first-order valence-corrected chi connectivity index (χ1v) is 6.28. The maximum atomic E-state index is 11.7. The Morgan fingerprint density at radius 3 is 2.86 bits per heavy atom. The van der Waals surface area contributed by atoms with Crippen LogP contribution in [0.5, 0.6) is 0 Å². The summed E-state index contributed by atoms with van der Waals surface area (Å²) in [7, 11) is 1.82. The summed E-state index contributed by atoms with van der Waals surface area (Å²) in [5, 5.41) is 18.2. The second-order valence-corrected chi connectivity index (χ2v) is 4.32. The monoisotopic (exact) mass is 289 g/mol. The van der Waals surface area contributed by atoms with Crippen molar-refractivity contribution in [3.8, 4) is 0 Å². The molecule has 0 unspecified atom stereocenters.